The molecule has 1 atom stereocenters. The van der Waals surface area contributed by atoms with Crippen molar-refractivity contribution in [3.05, 3.63) is 24.4 Å². The highest BCUT2D eigenvalue weighted by molar-refractivity contribution is 5.58. The Kier molecular flexibility index (Phi) is 2.54. The van der Waals surface area contributed by atoms with Crippen molar-refractivity contribution in [1.29, 1.82) is 0 Å². The second kappa shape index (κ2) is 4.19. The van der Waals surface area contributed by atoms with Crippen LogP contribution in [0.15, 0.2) is 18.7 Å². The maximum Gasteiger partial charge on any atom is 0.121 e. The van der Waals surface area contributed by atoms with E-state index in [-0.39, 0.29) is 6.10 Å². The van der Waals surface area contributed by atoms with E-state index in [9.17, 15) is 0 Å². The smallest absolute Gasteiger partial charge is 0.121 e. The number of hydrogen-bond acceptors (Lipinski definition) is 6. The molecular weight excluding hydrogens is 220 g/mol. The van der Waals surface area contributed by atoms with Crippen molar-refractivity contribution in [1.82, 2.24) is 25.0 Å². The summed E-state index contributed by atoms with van der Waals surface area (Å²) < 4.78 is 7.44. The van der Waals surface area contributed by atoms with Gasteiger partial charge in [0.15, 0.2) is 0 Å². The van der Waals surface area contributed by atoms with E-state index in [1.807, 2.05) is 4.68 Å². The van der Waals surface area contributed by atoms with Gasteiger partial charge in [-0.05, 0) is 0 Å². The maximum absolute atomic E-state index is 5.61. The number of hydrogen-bond donors (Lipinski definition) is 1. The van der Waals surface area contributed by atoms with E-state index in [1.54, 1.807) is 12.4 Å². The average Bonchev–Trinajstić information content (AvgIpc) is 2.82. The molecule has 88 valence electrons. The molecule has 0 saturated carbocycles. The van der Waals surface area contributed by atoms with Crippen LogP contribution in [-0.2, 0) is 17.9 Å². The van der Waals surface area contributed by atoms with Crippen LogP contribution in [0.2, 0.25) is 0 Å². The van der Waals surface area contributed by atoms with E-state index in [2.05, 4.69) is 20.3 Å². The first-order chi connectivity index (χ1) is 8.38. The molecule has 2 aromatic rings. The van der Waals surface area contributed by atoms with Crippen molar-refractivity contribution >= 4 is 0 Å². The van der Waals surface area contributed by atoms with Crippen molar-refractivity contribution in [2.24, 2.45) is 5.73 Å². The van der Waals surface area contributed by atoms with Gasteiger partial charge in [0, 0.05) is 24.5 Å². The molecule has 1 aliphatic rings. The normalized spacial score (nSPS) is 19.0. The fourth-order valence-corrected chi connectivity index (χ4v) is 1.85. The molecule has 7 nitrogen and oxygen atoms in total. The second-order valence-corrected chi connectivity index (χ2v) is 3.86. The standard InChI is InChI=1S/C10H12N6O/c11-1-8-4-16-9(5-17-8)10(14-15-16)7-2-12-6-13-3-7/h2-3,6,8H,1,4-5,11H2. The highest BCUT2D eigenvalue weighted by Crippen LogP contribution is 2.23. The topological polar surface area (TPSA) is 91.7 Å². The lowest BCUT2D eigenvalue weighted by Gasteiger charge is -2.22. The van der Waals surface area contributed by atoms with Crippen LogP contribution in [0, 0.1) is 0 Å². The Morgan fingerprint density at radius 1 is 1.41 bits per heavy atom. The third kappa shape index (κ3) is 1.79. The number of aromatic nitrogens is 5. The lowest BCUT2D eigenvalue weighted by atomic mass is 10.2. The lowest BCUT2D eigenvalue weighted by molar-refractivity contribution is 0.00639. The highest BCUT2D eigenvalue weighted by Gasteiger charge is 2.23. The van der Waals surface area contributed by atoms with E-state index < -0.39 is 0 Å². The first kappa shape index (κ1) is 10.3. The van der Waals surface area contributed by atoms with Crippen LogP contribution in [0.4, 0.5) is 0 Å². The van der Waals surface area contributed by atoms with Gasteiger partial charge in [0.25, 0.3) is 0 Å². The zero-order valence-electron chi connectivity index (χ0n) is 9.15. The Bertz CT molecular complexity index is 511. The summed E-state index contributed by atoms with van der Waals surface area (Å²) in [5.41, 5.74) is 8.15. The molecule has 3 rings (SSSR count). The molecular formula is C10H12N6O. The monoisotopic (exact) mass is 232 g/mol. The molecule has 0 aromatic carbocycles. The van der Waals surface area contributed by atoms with Gasteiger partial charge in [-0.3, -0.25) is 0 Å². The third-order valence-electron chi connectivity index (χ3n) is 2.77. The van der Waals surface area contributed by atoms with Gasteiger partial charge in [0.1, 0.15) is 12.0 Å². The van der Waals surface area contributed by atoms with Crippen LogP contribution >= 0.6 is 0 Å². The Labute approximate surface area is 97.6 Å². The molecule has 0 bridgehead atoms. The summed E-state index contributed by atoms with van der Waals surface area (Å²) in [6, 6.07) is 0. The molecule has 1 unspecified atom stereocenters. The second-order valence-electron chi connectivity index (χ2n) is 3.86. The minimum absolute atomic E-state index is 0.0177. The summed E-state index contributed by atoms with van der Waals surface area (Å²) in [6.07, 6.45) is 4.93. The van der Waals surface area contributed by atoms with E-state index >= 15 is 0 Å². The Morgan fingerprint density at radius 2 is 2.24 bits per heavy atom. The Morgan fingerprint density at radius 3 is 3.00 bits per heavy atom. The van der Waals surface area contributed by atoms with Gasteiger partial charge in [0.2, 0.25) is 0 Å². The van der Waals surface area contributed by atoms with Gasteiger partial charge in [-0.15, -0.1) is 5.10 Å². The molecule has 0 aliphatic carbocycles. The molecule has 0 spiro atoms. The van der Waals surface area contributed by atoms with Gasteiger partial charge >= 0.3 is 0 Å². The van der Waals surface area contributed by atoms with Crippen LogP contribution in [0.5, 0.6) is 0 Å². The van der Waals surface area contributed by atoms with Crippen LogP contribution < -0.4 is 5.73 Å². The summed E-state index contributed by atoms with van der Waals surface area (Å²) in [7, 11) is 0. The van der Waals surface area contributed by atoms with Crippen molar-refractivity contribution in [2.75, 3.05) is 6.54 Å². The molecule has 0 radical (unpaired) electrons. The lowest BCUT2D eigenvalue weighted by Crippen LogP contribution is -2.33. The summed E-state index contributed by atoms with van der Waals surface area (Å²) in [6.45, 7) is 1.61. The average molecular weight is 232 g/mol. The summed E-state index contributed by atoms with van der Waals surface area (Å²) >= 11 is 0. The van der Waals surface area contributed by atoms with E-state index in [0.717, 1.165) is 17.0 Å². The number of nitrogens with two attached hydrogens (primary N) is 1. The van der Waals surface area contributed by atoms with E-state index in [4.69, 9.17) is 10.5 Å². The minimum atomic E-state index is 0.0177. The molecule has 0 saturated heterocycles. The molecule has 17 heavy (non-hydrogen) atoms. The molecule has 0 fully saturated rings. The predicted molar refractivity (Wildman–Crippen MR) is 58.7 cm³/mol. The van der Waals surface area contributed by atoms with Crippen molar-refractivity contribution < 1.29 is 4.74 Å². The van der Waals surface area contributed by atoms with E-state index in [1.165, 1.54) is 6.33 Å². The molecule has 2 aromatic heterocycles. The van der Waals surface area contributed by atoms with Crippen LogP contribution in [0.3, 0.4) is 0 Å². The number of ether oxygens (including phenoxy) is 1. The molecule has 0 amide bonds. The van der Waals surface area contributed by atoms with E-state index in [0.29, 0.717) is 19.7 Å². The summed E-state index contributed by atoms with van der Waals surface area (Å²) in [5.74, 6) is 0. The largest absolute Gasteiger partial charge is 0.369 e. The van der Waals surface area contributed by atoms with Crippen LogP contribution in [0.25, 0.3) is 11.3 Å². The van der Waals surface area contributed by atoms with Crippen molar-refractivity contribution in [3.63, 3.8) is 0 Å². The van der Waals surface area contributed by atoms with Crippen molar-refractivity contribution in [3.8, 4) is 11.3 Å². The Hall–Kier alpha value is -1.86. The van der Waals surface area contributed by atoms with Gasteiger partial charge in [-0.25, -0.2) is 14.6 Å². The fourth-order valence-electron chi connectivity index (χ4n) is 1.85. The molecule has 2 N–H and O–H groups in total. The quantitative estimate of drug-likeness (QED) is 0.757. The number of rotatable bonds is 2. The van der Waals surface area contributed by atoms with Gasteiger partial charge in [-0.1, -0.05) is 5.21 Å². The zero-order chi connectivity index (χ0) is 11.7. The third-order valence-corrected chi connectivity index (χ3v) is 2.77. The van der Waals surface area contributed by atoms with Gasteiger partial charge < -0.3 is 10.5 Å². The first-order valence-electron chi connectivity index (χ1n) is 5.38. The highest BCUT2D eigenvalue weighted by atomic mass is 16.5. The first-order valence-corrected chi connectivity index (χ1v) is 5.38. The fraction of sp³-hybridized carbons (Fsp3) is 0.400. The molecule has 1 aliphatic heterocycles. The van der Waals surface area contributed by atoms with Crippen molar-refractivity contribution in [2.45, 2.75) is 19.3 Å². The molecule has 3 heterocycles. The number of fused-ring (bicyclic) bond motifs is 1. The number of nitrogens with zero attached hydrogens (tertiary/aromatic N) is 5. The SMILES string of the molecule is NCC1Cn2nnc(-c3cncnc3)c2CO1. The zero-order valence-corrected chi connectivity index (χ0v) is 9.15. The predicted octanol–water partition coefficient (Wildman–Crippen LogP) is -0.407. The Balaban J connectivity index is 1.97. The van der Waals surface area contributed by atoms with Gasteiger partial charge in [-0.2, -0.15) is 0 Å². The van der Waals surface area contributed by atoms with Crippen LogP contribution in [-0.4, -0.2) is 37.6 Å². The summed E-state index contributed by atoms with van der Waals surface area (Å²) in [4.78, 5) is 7.94. The van der Waals surface area contributed by atoms with Crippen LogP contribution in [0.1, 0.15) is 5.69 Å². The van der Waals surface area contributed by atoms with Gasteiger partial charge in [0.05, 0.1) is 24.9 Å². The maximum atomic E-state index is 5.61. The minimum Gasteiger partial charge on any atom is -0.369 e. The molecule has 7 heteroatoms. The summed E-state index contributed by atoms with van der Waals surface area (Å²) in [5, 5.41) is 8.26.